The largest absolute Gasteiger partial charge is 0.481 e. The molecule has 0 saturated carbocycles. The van der Waals surface area contributed by atoms with Gasteiger partial charge in [0.1, 0.15) is 5.00 Å². The highest BCUT2D eigenvalue weighted by Gasteiger charge is 2.31. The number of carbonyl (C=O) groups is 3. The van der Waals surface area contributed by atoms with E-state index in [4.69, 9.17) is 5.11 Å². The van der Waals surface area contributed by atoms with Gasteiger partial charge >= 0.3 is 12.1 Å². The summed E-state index contributed by atoms with van der Waals surface area (Å²) in [7, 11) is 0. The van der Waals surface area contributed by atoms with Crippen LogP contribution in [-0.2, 0) is 22.2 Å². The molecule has 0 aliphatic rings. The van der Waals surface area contributed by atoms with Crippen LogP contribution in [0.4, 0.5) is 23.9 Å². The number of alkyl halides is 3. The average Bonchev–Trinajstić information content (AvgIpc) is 2.94. The van der Waals surface area contributed by atoms with Crippen LogP contribution in [0.1, 0.15) is 46.1 Å². The fourth-order valence-electron chi connectivity index (χ4n) is 2.71. The molecule has 0 radical (unpaired) electrons. The smallest absolute Gasteiger partial charge is 0.416 e. The highest BCUT2D eigenvalue weighted by molar-refractivity contribution is 7.16. The first kappa shape index (κ1) is 22.4. The lowest BCUT2D eigenvalue weighted by atomic mass is 10.1. The Bertz CT molecular complexity index is 938. The van der Waals surface area contributed by atoms with Crippen molar-refractivity contribution in [3.63, 3.8) is 0 Å². The molecule has 0 saturated heterocycles. The Morgan fingerprint density at radius 2 is 1.83 bits per heavy atom. The van der Waals surface area contributed by atoms with Gasteiger partial charge in [0, 0.05) is 17.0 Å². The third kappa shape index (κ3) is 5.80. The van der Waals surface area contributed by atoms with Crippen molar-refractivity contribution in [1.82, 2.24) is 0 Å². The van der Waals surface area contributed by atoms with Crippen LogP contribution in [-0.4, -0.2) is 22.9 Å². The number of nitrogens with one attached hydrogen (secondary N) is 2. The molecule has 0 aliphatic carbocycles. The Morgan fingerprint density at radius 1 is 1.14 bits per heavy atom. The molecule has 2 amide bonds. The summed E-state index contributed by atoms with van der Waals surface area (Å²) < 4.78 is 38.7. The van der Waals surface area contributed by atoms with Gasteiger partial charge in [-0.15, -0.1) is 11.3 Å². The predicted molar refractivity (Wildman–Crippen MR) is 103 cm³/mol. The van der Waals surface area contributed by atoms with E-state index in [1.165, 1.54) is 12.1 Å². The predicted octanol–water partition coefficient (Wildman–Crippen LogP) is 4.69. The first-order valence-corrected chi connectivity index (χ1v) is 9.47. The lowest BCUT2D eigenvalue weighted by Gasteiger charge is -2.12. The Hall–Kier alpha value is -2.88. The minimum Gasteiger partial charge on any atom is -0.481 e. The van der Waals surface area contributed by atoms with E-state index in [1.807, 2.05) is 6.92 Å². The number of carboxylic acid groups (broad SMARTS) is 1. The monoisotopic (exact) mass is 428 g/mol. The number of amides is 2. The highest BCUT2D eigenvalue weighted by atomic mass is 32.1. The van der Waals surface area contributed by atoms with E-state index in [-0.39, 0.29) is 29.1 Å². The Morgan fingerprint density at radius 3 is 2.41 bits per heavy atom. The van der Waals surface area contributed by atoms with Crippen molar-refractivity contribution >= 4 is 39.8 Å². The SMILES string of the molecule is CCc1c(C)sc(NC(=O)CCC(=O)O)c1C(=O)Nc1cccc(C(F)(F)F)c1. The van der Waals surface area contributed by atoms with Crippen molar-refractivity contribution in [3.8, 4) is 0 Å². The second-order valence-corrected chi connectivity index (χ2v) is 7.39. The van der Waals surface area contributed by atoms with Crippen molar-refractivity contribution < 1.29 is 32.7 Å². The highest BCUT2D eigenvalue weighted by Crippen LogP contribution is 2.35. The van der Waals surface area contributed by atoms with E-state index < -0.39 is 29.5 Å². The van der Waals surface area contributed by atoms with E-state index in [2.05, 4.69) is 10.6 Å². The molecular weight excluding hydrogens is 409 g/mol. The van der Waals surface area contributed by atoms with E-state index in [1.54, 1.807) is 6.92 Å². The number of anilines is 2. The van der Waals surface area contributed by atoms with Crippen LogP contribution in [0.5, 0.6) is 0 Å². The zero-order valence-electron chi connectivity index (χ0n) is 15.6. The summed E-state index contributed by atoms with van der Waals surface area (Å²) in [5.41, 5.74) is -0.0994. The van der Waals surface area contributed by atoms with Gasteiger partial charge in [0.2, 0.25) is 5.91 Å². The lowest BCUT2D eigenvalue weighted by Crippen LogP contribution is -2.18. The van der Waals surface area contributed by atoms with Crippen LogP contribution >= 0.6 is 11.3 Å². The topological polar surface area (TPSA) is 95.5 Å². The second-order valence-electron chi connectivity index (χ2n) is 6.17. The molecule has 3 N–H and O–H groups in total. The number of aliphatic carboxylic acids is 1. The number of thiophene rings is 1. The van der Waals surface area contributed by atoms with Gasteiger partial charge in [-0.1, -0.05) is 13.0 Å². The van der Waals surface area contributed by atoms with E-state index in [0.29, 0.717) is 12.0 Å². The summed E-state index contributed by atoms with van der Waals surface area (Å²) in [6, 6.07) is 4.25. The van der Waals surface area contributed by atoms with Crippen LogP contribution in [0.2, 0.25) is 0 Å². The number of halogens is 3. The van der Waals surface area contributed by atoms with Crippen LogP contribution < -0.4 is 10.6 Å². The minimum absolute atomic E-state index is 0.0288. The fraction of sp³-hybridized carbons (Fsp3) is 0.316. The average molecular weight is 428 g/mol. The molecule has 2 rings (SSSR count). The number of hydrogen-bond acceptors (Lipinski definition) is 4. The molecule has 0 unspecified atom stereocenters. The molecule has 0 bridgehead atoms. The third-order valence-electron chi connectivity index (χ3n) is 4.06. The molecule has 2 aromatic rings. The third-order valence-corrected chi connectivity index (χ3v) is 5.12. The van der Waals surface area contributed by atoms with Crippen LogP contribution in [0, 0.1) is 6.92 Å². The first-order valence-electron chi connectivity index (χ1n) is 8.65. The zero-order valence-corrected chi connectivity index (χ0v) is 16.5. The van der Waals surface area contributed by atoms with Gasteiger partial charge in [-0.25, -0.2) is 0 Å². The van der Waals surface area contributed by atoms with Crippen molar-refractivity contribution in [2.75, 3.05) is 10.6 Å². The van der Waals surface area contributed by atoms with Gasteiger partial charge < -0.3 is 15.7 Å². The molecule has 0 atom stereocenters. The molecular formula is C19H19F3N2O4S. The minimum atomic E-state index is -4.54. The van der Waals surface area contributed by atoms with E-state index in [9.17, 15) is 27.6 Å². The molecule has 1 heterocycles. The van der Waals surface area contributed by atoms with Crippen LogP contribution in [0.15, 0.2) is 24.3 Å². The number of carbonyl (C=O) groups excluding carboxylic acids is 2. The molecule has 10 heteroatoms. The summed E-state index contributed by atoms with van der Waals surface area (Å²) in [6.07, 6.45) is -4.69. The molecule has 6 nitrogen and oxygen atoms in total. The Balaban J connectivity index is 2.29. The fourth-order valence-corrected chi connectivity index (χ4v) is 3.87. The van der Waals surface area contributed by atoms with Crippen molar-refractivity contribution in [1.29, 1.82) is 0 Å². The zero-order chi connectivity index (χ0) is 21.8. The number of carboxylic acids is 1. The van der Waals surface area contributed by atoms with Gasteiger partial charge in [-0.05, 0) is 37.1 Å². The Labute approximate surface area is 168 Å². The standard InChI is InChI=1S/C19H19F3N2O4S/c1-3-13-10(2)29-18(24-14(25)7-8-15(26)27)16(13)17(28)23-12-6-4-5-11(9-12)19(20,21)22/h4-6,9H,3,7-8H2,1-2H3,(H,23,28)(H,24,25)(H,26,27). The van der Waals surface area contributed by atoms with Gasteiger partial charge in [0.15, 0.2) is 0 Å². The van der Waals surface area contributed by atoms with Crippen molar-refractivity contribution in [2.24, 2.45) is 0 Å². The van der Waals surface area contributed by atoms with Gasteiger partial charge in [0.05, 0.1) is 17.5 Å². The quantitative estimate of drug-likeness (QED) is 0.596. The molecule has 0 fully saturated rings. The maximum Gasteiger partial charge on any atom is 0.416 e. The summed E-state index contributed by atoms with van der Waals surface area (Å²) in [6.45, 7) is 3.57. The normalized spacial score (nSPS) is 11.2. The van der Waals surface area contributed by atoms with Gasteiger partial charge in [0.25, 0.3) is 5.91 Å². The van der Waals surface area contributed by atoms with E-state index in [0.717, 1.165) is 28.3 Å². The van der Waals surface area contributed by atoms with Crippen molar-refractivity contribution in [2.45, 2.75) is 39.3 Å². The molecule has 0 aliphatic heterocycles. The molecule has 1 aromatic heterocycles. The number of hydrogen-bond donors (Lipinski definition) is 3. The maximum absolute atomic E-state index is 12.9. The maximum atomic E-state index is 12.9. The summed E-state index contributed by atoms with van der Waals surface area (Å²) >= 11 is 1.15. The molecule has 156 valence electrons. The van der Waals surface area contributed by atoms with Gasteiger partial charge in [-0.3, -0.25) is 14.4 Å². The number of aryl methyl sites for hydroxylation is 1. The Kier molecular flexibility index (Phi) is 7.02. The summed E-state index contributed by atoms with van der Waals surface area (Å²) in [4.78, 5) is 36.2. The second kappa shape index (κ2) is 9.08. The first-order chi connectivity index (χ1) is 13.5. The summed E-state index contributed by atoms with van der Waals surface area (Å²) in [5, 5.41) is 13.9. The number of rotatable bonds is 7. The van der Waals surface area contributed by atoms with Crippen LogP contribution in [0.25, 0.3) is 0 Å². The van der Waals surface area contributed by atoms with Gasteiger partial charge in [-0.2, -0.15) is 13.2 Å². The number of benzene rings is 1. The summed E-state index contributed by atoms with van der Waals surface area (Å²) in [5.74, 6) is -2.34. The van der Waals surface area contributed by atoms with E-state index >= 15 is 0 Å². The molecule has 1 aromatic carbocycles. The molecule has 0 spiro atoms. The van der Waals surface area contributed by atoms with Crippen LogP contribution in [0.3, 0.4) is 0 Å². The lowest BCUT2D eigenvalue weighted by molar-refractivity contribution is -0.138. The molecule has 29 heavy (non-hydrogen) atoms. The van der Waals surface area contributed by atoms with Crippen molar-refractivity contribution in [3.05, 3.63) is 45.8 Å².